The second kappa shape index (κ2) is 8.30. The molecule has 2 rings (SSSR count). The summed E-state index contributed by atoms with van der Waals surface area (Å²) in [5.74, 6) is 0.227. The molecule has 1 aliphatic heterocycles. The van der Waals surface area contributed by atoms with E-state index in [4.69, 9.17) is 0 Å². The average molecular weight is 304 g/mol. The highest BCUT2D eigenvalue weighted by atomic mass is 16.3. The van der Waals surface area contributed by atoms with Crippen molar-refractivity contribution >= 4 is 5.91 Å². The Morgan fingerprint density at radius 3 is 2.45 bits per heavy atom. The molecular weight excluding hydrogens is 276 g/mol. The Morgan fingerprint density at radius 1 is 1.27 bits per heavy atom. The number of hydrogen-bond donors (Lipinski definition) is 2. The van der Waals surface area contributed by atoms with Crippen molar-refractivity contribution in [3.05, 3.63) is 35.9 Å². The Balaban J connectivity index is 1.92. The van der Waals surface area contributed by atoms with Crippen LogP contribution in [0.25, 0.3) is 0 Å². The van der Waals surface area contributed by atoms with E-state index in [1.165, 1.54) is 0 Å². The molecule has 0 spiro atoms. The number of aliphatic hydroxyl groups is 1. The molecule has 122 valence electrons. The molecule has 1 fully saturated rings. The van der Waals surface area contributed by atoms with Crippen LogP contribution in [0.3, 0.4) is 0 Å². The molecule has 1 heterocycles. The van der Waals surface area contributed by atoms with Gasteiger partial charge in [0.15, 0.2) is 0 Å². The van der Waals surface area contributed by atoms with Gasteiger partial charge < -0.3 is 15.3 Å². The number of carbonyl (C=O) groups excluding carboxylic acids is 1. The van der Waals surface area contributed by atoms with Gasteiger partial charge in [0.2, 0.25) is 5.91 Å². The first-order chi connectivity index (χ1) is 10.6. The molecule has 1 aliphatic rings. The molecule has 0 bridgehead atoms. The Morgan fingerprint density at radius 2 is 1.91 bits per heavy atom. The van der Waals surface area contributed by atoms with Gasteiger partial charge in [0, 0.05) is 18.6 Å². The summed E-state index contributed by atoms with van der Waals surface area (Å²) in [6, 6.07) is 10.4. The smallest absolute Gasteiger partial charge is 0.223 e. The summed E-state index contributed by atoms with van der Waals surface area (Å²) in [5.41, 5.74) is 1.06. The third-order valence-corrected chi connectivity index (χ3v) is 4.57. The fraction of sp³-hybridized carbons (Fsp3) is 0.611. The third-order valence-electron chi connectivity index (χ3n) is 4.57. The fourth-order valence-corrected chi connectivity index (χ4v) is 3.10. The summed E-state index contributed by atoms with van der Waals surface area (Å²) >= 11 is 0. The van der Waals surface area contributed by atoms with E-state index in [-0.39, 0.29) is 24.5 Å². The van der Waals surface area contributed by atoms with Crippen molar-refractivity contribution in [1.29, 1.82) is 0 Å². The normalized spacial score (nSPS) is 18.4. The topological polar surface area (TPSA) is 52.6 Å². The molecule has 0 aliphatic carbocycles. The monoisotopic (exact) mass is 304 g/mol. The average Bonchev–Trinajstić information content (AvgIpc) is 2.55. The van der Waals surface area contributed by atoms with Crippen molar-refractivity contribution in [1.82, 2.24) is 10.2 Å². The number of likely N-dealkylation sites (tertiary alicyclic amines) is 1. The van der Waals surface area contributed by atoms with Crippen LogP contribution in [0.2, 0.25) is 0 Å². The van der Waals surface area contributed by atoms with Gasteiger partial charge in [0.25, 0.3) is 0 Å². The first-order valence-electron chi connectivity index (χ1n) is 8.32. The van der Waals surface area contributed by atoms with Gasteiger partial charge in [-0.2, -0.15) is 0 Å². The number of aliphatic hydroxyl groups excluding tert-OH is 1. The summed E-state index contributed by atoms with van der Waals surface area (Å²) < 4.78 is 0. The molecule has 4 nitrogen and oxygen atoms in total. The maximum atomic E-state index is 12.5. The van der Waals surface area contributed by atoms with E-state index in [1.54, 1.807) is 0 Å². The number of rotatable bonds is 6. The minimum Gasteiger partial charge on any atom is -0.396 e. The summed E-state index contributed by atoms with van der Waals surface area (Å²) in [6.45, 7) is 6.46. The zero-order chi connectivity index (χ0) is 15.9. The van der Waals surface area contributed by atoms with E-state index >= 15 is 0 Å². The van der Waals surface area contributed by atoms with Crippen molar-refractivity contribution in [3.8, 4) is 0 Å². The largest absolute Gasteiger partial charge is 0.396 e. The number of nitrogens with zero attached hydrogens (tertiary/aromatic N) is 1. The Labute approximate surface area is 133 Å². The highest BCUT2D eigenvalue weighted by Gasteiger charge is 2.27. The zero-order valence-electron chi connectivity index (χ0n) is 13.7. The number of carbonyl (C=O) groups is 1. The molecule has 1 saturated heterocycles. The quantitative estimate of drug-likeness (QED) is 0.848. The highest BCUT2D eigenvalue weighted by Crippen LogP contribution is 2.22. The number of amides is 1. The number of nitrogens with one attached hydrogen (secondary N) is 1. The number of hydrogen-bond acceptors (Lipinski definition) is 3. The summed E-state index contributed by atoms with van der Waals surface area (Å²) in [5, 5.41) is 12.4. The second-order valence-electron chi connectivity index (χ2n) is 6.39. The molecule has 0 saturated carbocycles. The number of benzene rings is 1. The fourth-order valence-electron chi connectivity index (χ4n) is 3.10. The molecule has 1 atom stereocenters. The van der Waals surface area contributed by atoms with Crippen LogP contribution in [-0.4, -0.2) is 41.7 Å². The van der Waals surface area contributed by atoms with Gasteiger partial charge in [0.05, 0.1) is 6.04 Å². The highest BCUT2D eigenvalue weighted by molar-refractivity contribution is 5.79. The molecular formula is C18H28N2O2. The van der Waals surface area contributed by atoms with E-state index < -0.39 is 0 Å². The molecule has 4 heteroatoms. The molecule has 1 amide bonds. The zero-order valence-corrected chi connectivity index (χ0v) is 13.7. The van der Waals surface area contributed by atoms with Gasteiger partial charge >= 0.3 is 0 Å². The SMILES string of the molecule is CC(C)N1CCC(C(=O)NC(CCO)c2ccccc2)CC1. The van der Waals surface area contributed by atoms with Crippen LogP contribution >= 0.6 is 0 Å². The second-order valence-corrected chi connectivity index (χ2v) is 6.39. The molecule has 22 heavy (non-hydrogen) atoms. The van der Waals surface area contributed by atoms with Gasteiger partial charge in [-0.25, -0.2) is 0 Å². The van der Waals surface area contributed by atoms with Crippen LogP contribution in [0, 0.1) is 5.92 Å². The Bertz CT molecular complexity index is 453. The van der Waals surface area contributed by atoms with E-state index in [0.29, 0.717) is 12.5 Å². The summed E-state index contributed by atoms with van der Waals surface area (Å²) in [7, 11) is 0. The lowest BCUT2D eigenvalue weighted by atomic mass is 9.94. The molecule has 2 N–H and O–H groups in total. The van der Waals surface area contributed by atoms with Gasteiger partial charge in [-0.1, -0.05) is 30.3 Å². The standard InChI is InChI=1S/C18H28N2O2/c1-14(2)20-11-8-16(9-12-20)18(22)19-17(10-13-21)15-6-4-3-5-7-15/h3-7,14,16-17,21H,8-13H2,1-2H3,(H,19,22). The van der Waals surface area contributed by atoms with Crippen LogP contribution in [0.1, 0.15) is 44.7 Å². The van der Waals surface area contributed by atoms with E-state index in [1.807, 2.05) is 30.3 Å². The third kappa shape index (κ3) is 4.55. The number of piperidine rings is 1. The summed E-state index contributed by atoms with van der Waals surface area (Å²) in [4.78, 5) is 14.9. The van der Waals surface area contributed by atoms with Gasteiger partial charge in [-0.15, -0.1) is 0 Å². The first kappa shape index (κ1) is 17.0. The maximum Gasteiger partial charge on any atom is 0.223 e. The molecule has 0 radical (unpaired) electrons. The predicted octanol–water partition coefficient (Wildman–Crippen LogP) is 2.35. The Hall–Kier alpha value is -1.39. The van der Waals surface area contributed by atoms with Gasteiger partial charge in [0.1, 0.15) is 0 Å². The Kier molecular flexibility index (Phi) is 6.40. The first-order valence-corrected chi connectivity index (χ1v) is 8.32. The van der Waals surface area contributed by atoms with E-state index in [0.717, 1.165) is 31.5 Å². The van der Waals surface area contributed by atoms with E-state index in [2.05, 4.69) is 24.1 Å². The van der Waals surface area contributed by atoms with Crippen molar-refractivity contribution in [2.75, 3.05) is 19.7 Å². The van der Waals surface area contributed by atoms with Crippen LogP contribution in [0.5, 0.6) is 0 Å². The van der Waals surface area contributed by atoms with Crippen molar-refractivity contribution in [2.45, 2.75) is 45.2 Å². The van der Waals surface area contributed by atoms with E-state index in [9.17, 15) is 9.90 Å². The van der Waals surface area contributed by atoms with Crippen LogP contribution in [0.4, 0.5) is 0 Å². The minimum absolute atomic E-state index is 0.0750. The maximum absolute atomic E-state index is 12.5. The van der Waals surface area contributed by atoms with Crippen molar-refractivity contribution < 1.29 is 9.90 Å². The molecule has 1 aromatic carbocycles. The van der Waals surface area contributed by atoms with Gasteiger partial charge in [-0.3, -0.25) is 4.79 Å². The van der Waals surface area contributed by atoms with Crippen molar-refractivity contribution in [2.24, 2.45) is 5.92 Å². The van der Waals surface area contributed by atoms with Crippen LogP contribution in [0.15, 0.2) is 30.3 Å². The molecule has 0 aromatic heterocycles. The van der Waals surface area contributed by atoms with Gasteiger partial charge in [-0.05, 0) is 51.8 Å². The lowest BCUT2D eigenvalue weighted by Gasteiger charge is -2.34. The minimum atomic E-state index is -0.0955. The van der Waals surface area contributed by atoms with Crippen LogP contribution < -0.4 is 5.32 Å². The summed E-state index contributed by atoms with van der Waals surface area (Å²) in [6.07, 6.45) is 2.40. The van der Waals surface area contributed by atoms with Crippen molar-refractivity contribution in [3.63, 3.8) is 0 Å². The lowest BCUT2D eigenvalue weighted by molar-refractivity contribution is -0.127. The van der Waals surface area contributed by atoms with Crippen LogP contribution in [-0.2, 0) is 4.79 Å². The molecule has 1 aromatic rings. The molecule has 1 unspecified atom stereocenters. The lowest BCUT2D eigenvalue weighted by Crippen LogP contribution is -2.43. The predicted molar refractivity (Wildman–Crippen MR) is 88.5 cm³/mol.